The van der Waals surface area contributed by atoms with E-state index in [9.17, 15) is 4.79 Å². The van der Waals surface area contributed by atoms with Crippen molar-refractivity contribution in [2.75, 3.05) is 26.2 Å². The van der Waals surface area contributed by atoms with Crippen LogP contribution in [0.5, 0.6) is 5.75 Å². The van der Waals surface area contributed by atoms with Crippen LogP contribution in [0.25, 0.3) is 0 Å². The average molecular weight is 407 g/mol. The molecule has 0 aliphatic carbocycles. The Bertz CT molecular complexity index is 799. The summed E-state index contributed by atoms with van der Waals surface area (Å²) in [6.45, 7) is 2.98. The summed E-state index contributed by atoms with van der Waals surface area (Å²) < 4.78 is 5.73. The number of fused-ring (bicyclic) bond motifs is 1. The average Bonchev–Trinajstić information content (AvgIpc) is 2.68. The number of piperazine rings is 1. The van der Waals surface area contributed by atoms with Crippen LogP contribution in [-0.2, 0) is 4.79 Å². The van der Waals surface area contributed by atoms with Crippen LogP contribution in [0, 0.1) is 0 Å². The van der Waals surface area contributed by atoms with Crippen LogP contribution >= 0.6 is 24.0 Å². The Labute approximate surface area is 171 Å². The second kappa shape index (κ2) is 8.96. The van der Waals surface area contributed by atoms with Gasteiger partial charge in [0.15, 0.2) is 0 Å². The van der Waals surface area contributed by atoms with Crippen LogP contribution in [0.1, 0.15) is 35.9 Å². The van der Waals surface area contributed by atoms with Crippen LogP contribution in [-0.4, -0.2) is 37.0 Å². The van der Waals surface area contributed by atoms with Gasteiger partial charge in [-0.2, -0.15) is 0 Å². The van der Waals surface area contributed by atoms with Crippen LogP contribution in [0.15, 0.2) is 48.5 Å². The predicted molar refractivity (Wildman–Crippen MR) is 110 cm³/mol. The van der Waals surface area contributed by atoms with Gasteiger partial charge >= 0.3 is 0 Å². The van der Waals surface area contributed by atoms with Crippen molar-refractivity contribution >= 4 is 29.9 Å². The number of hydrogen-bond acceptors (Lipinski definition) is 3. The molecule has 0 bridgehead atoms. The summed E-state index contributed by atoms with van der Waals surface area (Å²) in [7, 11) is 0. The number of halogens is 2. The lowest BCUT2D eigenvalue weighted by Crippen LogP contribution is -2.49. The fourth-order valence-corrected chi connectivity index (χ4v) is 4.17. The third-order valence-corrected chi connectivity index (χ3v) is 5.54. The molecule has 1 amide bonds. The Morgan fingerprint density at radius 3 is 2.93 bits per heavy atom. The van der Waals surface area contributed by atoms with E-state index in [1.165, 1.54) is 0 Å². The van der Waals surface area contributed by atoms with Crippen LogP contribution in [0.2, 0.25) is 5.02 Å². The van der Waals surface area contributed by atoms with Gasteiger partial charge in [-0.1, -0.05) is 41.9 Å². The lowest BCUT2D eigenvalue weighted by molar-refractivity contribution is -0.135. The van der Waals surface area contributed by atoms with Gasteiger partial charge in [0.1, 0.15) is 5.75 Å². The molecule has 2 heterocycles. The number of nitrogens with zero attached hydrogens (tertiary/aromatic N) is 1. The normalized spacial score (nSPS) is 21.6. The maximum atomic E-state index is 13.2. The minimum Gasteiger partial charge on any atom is -0.493 e. The zero-order chi connectivity index (χ0) is 17.9. The largest absolute Gasteiger partial charge is 0.493 e. The predicted octanol–water partition coefficient (Wildman–Crippen LogP) is 4.19. The zero-order valence-corrected chi connectivity index (χ0v) is 16.6. The molecule has 0 aromatic heterocycles. The van der Waals surface area contributed by atoms with Crippen molar-refractivity contribution in [1.82, 2.24) is 10.2 Å². The third-order valence-electron chi connectivity index (χ3n) is 5.30. The first-order valence-electron chi connectivity index (χ1n) is 9.20. The first-order valence-corrected chi connectivity index (χ1v) is 9.57. The van der Waals surface area contributed by atoms with Crippen LogP contribution in [0.4, 0.5) is 0 Å². The topological polar surface area (TPSA) is 41.6 Å². The van der Waals surface area contributed by atoms with Crippen LogP contribution < -0.4 is 10.1 Å². The zero-order valence-electron chi connectivity index (χ0n) is 15.1. The van der Waals surface area contributed by atoms with E-state index in [0.717, 1.165) is 42.9 Å². The fourth-order valence-electron chi connectivity index (χ4n) is 3.97. The molecule has 1 N–H and O–H groups in total. The minimum absolute atomic E-state index is 0. The van der Waals surface area contributed by atoms with Gasteiger partial charge in [-0.25, -0.2) is 0 Å². The maximum absolute atomic E-state index is 13.2. The number of benzene rings is 2. The monoisotopic (exact) mass is 406 g/mol. The van der Waals surface area contributed by atoms with Crippen molar-refractivity contribution in [3.05, 3.63) is 64.7 Å². The van der Waals surface area contributed by atoms with Gasteiger partial charge in [-0.3, -0.25) is 4.79 Å². The van der Waals surface area contributed by atoms with Gasteiger partial charge < -0.3 is 15.0 Å². The van der Waals surface area contributed by atoms with Crippen molar-refractivity contribution in [2.45, 2.75) is 24.8 Å². The third kappa shape index (κ3) is 4.40. The molecule has 2 unspecified atom stereocenters. The fraction of sp³-hybridized carbons (Fsp3) is 0.381. The highest BCUT2D eigenvalue weighted by atomic mass is 35.5. The molecular formula is C21H24Cl2N2O2. The molecule has 0 spiro atoms. The van der Waals surface area contributed by atoms with Crippen molar-refractivity contribution in [3.8, 4) is 5.75 Å². The van der Waals surface area contributed by atoms with E-state index in [4.69, 9.17) is 16.3 Å². The number of hydrogen-bond donors (Lipinski definition) is 1. The summed E-state index contributed by atoms with van der Waals surface area (Å²) in [5.74, 6) is 1.35. The minimum atomic E-state index is 0. The van der Waals surface area contributed by atoms with Gasteiger partial charge in [0.05, 0.1) is 12.6 Å². The van der Waals surface area contributed by atoms with Gasteiger partial charge in [-0.15, -0.1) is 12.4 Å². The first-order chi connectivity index (χ1) is 12.7. The summed E-state index contributed by atoms with van der Waals surface area (Å²) in [4.78, 5) is 15.2. The number of ether oxygens (including phenoxy) is 1. The van der Waals surface area contributed by atoms with Crippen molar-refractivity contribution in [3.63, 3.8) is 0 Å². The van der Waals surface area contributed by atoms with Gasteiger partial charge in [0.2, 0.25) is 5.91 Å². The Morgan fingerprint density at radius 2 is 2.07 bits per heavy atom. The summed E-state index contributed by atoms with van der Waals surface area (Å²) in [5.41, 5.74) is 2.24. The molecule has 6 heteroatoms. The summed E-state index contributed by atoms with van der Waals surface area (Å²) in [5, 5.41) is 4.11. The highest BCUT2D eigenvalue weighted by Crippen LogP contribution is 2.36. The molecule has 2 aromatic carbocycles. The molecule has 27 heavy (non-hydrogen) atoms. The standard InChI is InChI=1S/C21H23ClN2O2.ClH/c22-17-5-3-4-16(12-17)19-14-23-9-10-24(19)21(25)13-15-8-11-26-20-7-2-1-6-18(15)20;/h1-7,12,15,19,23H,8-11,13-14H2;1H. The van der Waals surface area contributed by atoms with E-state index < -0.39 is 0 Å². The molecule has 1 fully saturated rings. The van der Waals surface area contributed by atoms with Gasteiger partial charge in [0, 0.05) is 31.1 Å². The van der Waals surface area contributed by atoms with Crippen molar-refractivity contribution in [2.24, 2.45) is 0 Å². The molecule has 2 aliphatic rings. The highest BCUT2D eigenvalue weighted by Gasteiger charge is 2.31. The van der Waals surface area contributed by atoms with E-state index in [1.807, 2.05) is 47.4 Å². The number of nitrogens with one attached hydrogen (secondary N) is 1. The molecule has 2 atom stereocenters. The Balaban J connectivity index is 0.00000210. The Morgan fingerprint density at radius 1 is 1.22 bits per heavy atom. The summed E-state index contributed by atoms with van der Waals surface area (Å²) in [6.07, 6.45) is 1.41. The molecule has 2 aromatic rings. The molecule has 4 nitrogen and oxygen atoms in total. The summed E-state index contributed by atoms with van der Waals surface area (Å²) in [6, 6.07) is 15.9. The maximum Gasteiger partial charge on any atom is 0.223 e. The first kappa shape index (κ1) is 20.0. The van der Waals surface area contributed by atoms with E-state index in [1.54, 1.807) is 0 Å². The van der Waals surface area contributed by atoms with Crippen LogP contribution in [0.3, 0.4) is 0 Å². The van der Waals surface area contributed by atoms with E-state index in [2.05, 4.69) is 11.4 Å². The quantitative estimate of drug-likeness (QED) is 0.830. The molecule has 4 rings (SSSR count). The van der Waals surface area contributed by atoms with Crippen molar-refractivity contribution < 1.29 is 9.53 Å². The molecular weight excluding hydrogens is 383 g/mol. The van der Waals surface area contributed by atoms with E-state index >= 15 is 0 Å². The van der Waals surface area contributed by atoms with Crippen molar-refractivity contribution in [1.29, 1.82) is 0 Å². The lowest BCUT2D eigenvalue weighted by atomic mass is 9.89. The lowest BCUT2D eigenvalue weighted by Gasteiger charge is -2.38. The molecule has 2 aliphatic heterocycles. The van der Waals surface area contributed by atoms with Gasteiger partial charge in [-0.05, 0) is 41.7 Å². The second-order valence-electron chi connectivity index (χ2n) is 6.94. The number of amides is 1. The van der Waals surface area contributed by atoms with Gasteiger partial charge in [0.25, 0.3) is 0 Å². The number of carbonyl (C=O) groups is 1. The molecule has 0 saturated carbocycles. The molecule has 144 valence electrons. The van der Waals surface area contributed by atoms with E-state index in [-0.39, 0.29) is 30.3 Å². The molecule has 1 saturated heterocycles. The second-order valence-corrected chi connectivity index (χ2v) is 7.37. The Hall–Kier alpha value is -1.75. The smallest absolute Gasteiger partial charge is 0.223 e. The summed E-state index contributed by atoms with van der Waals surface area (Å²) >= 11 is 6.17. The Kier molecular flexibility index (Phi) is 6.64. The van der Waals surface area contributed by atoms with E-state index in [0.29, 0.717) is 18.1 Å². The molecule has 0 radical (unpaired) electrons. The number of carbonyl (C=O) groups excluding carboxylic acids is 1. The highest BCUT2D eigenvalue weighted by molar-refractivity contribution is 6.30. The number of para-hydroxylation sites is 1. The SMILES string of the molecule is Cl.O=C(CC1CCOc2ccccc21)N1CCNCC1c1cccc(Cl)c1. The number of rotatable bonds is 3.